The van der Waals surface area contributed by atoms with Crippen molar-refractivity contribution < 1.29 is 23.7 Å². The number of nitrogens with zero attached hydrogens (tertiary/aromatic N) is 3. The number of hydrogen-bond donors (Lipinski definition) is 1. The summed E-state index contributed by atoms with van der Waals surface area (Å²) in [6, 6.07) is 20.6. The van der Waals surface area contributed by atoms with Crippen LogP contribution in [0.3, 0.4) is 0 Å². The molecule has 0 spiro atoms. The summed E-state index contributed by atoms with van der Waals surface area (Å²) in [6.45, 7) is 2.72. The van der Waals surface area contributed by atoms with Crippen LogP contribution in [0.15, 0.2) is 78.0 Å². The molecule has 9 nitrogen and oxygen atoms in total. The molecule has 3 aromatic carbocycles. The van der Waals surface area contributed by atoms with E-state index in [-0.39, 0.29) is 0 Å². The first-order valence-corrected chi connectivity index (χ1v) is 12.1. The van der Waals surface area contributed by atoms with Gasteiger partial charge in [0.05, 0.1) is 39.8 Å². The van der Waals surface area contributed by atoms with Gasteiger partial charge in [0.1, 0.15) is 11.4 Å². The molecule has 196 valence electrons. The van der Waals surface area contributed by atoms with E-state index in [9.17, 15) is 4.79 Å². The number of hydrazone groups is 1. The Balaban J connectivity index is 1.61. The summed E-state index contributed by atoms with van der Waals surface area (Å²) >= 11 is 0. The summed E-state index contributed by atoms with van der Waals surface area (Å²) in [5, 5.41) is 9.00. The first-order valence-electron chi connectivity index (χ1n) is 12.1. The lowest BCUT2D eigenvalue weighted by molar-refractivity contribution is 0.0954. The van der Waals surface area contributed by atoms with Crippen molar-refractivity contribution >= 4 is 12.1 Å². The van der Waals surface area contributed by atoms with Crippen LogP contribution in [-0.4, -0.2) is 49.8 Å². The molecule has 4 rings (SSSR count). The number of hydrogen-bond acceptors (Lipinski definition) is 7. The van der Waals surface area contributed by atoms with E-state index < -0.39 is 5.91 Å². The summed E-state index contributed by atoms with van der Waals surface area (Å²) in [5.74, 6) is 1.51. The Hall–Kier alpha value is -4.79. The molecule has 1 N–H and O–H groups in total. The topological polar surface area (TPSA) is 96.2 Å². The van der Waals surface area contributed by atoms with Crippen LogP contribution in [0.2, 0.25) is 0 Å². The second-order valence-corrected chi connectivity index (χ2v) is 8.20. The average molecular weight is 515 g/mol. The molecule has 0 aliphatic rings. The molecule has 9 heteroatoms. The SMILES string of the molecule is CCCOc1ccc(-c2nn(-c3ccccc3)cc2/C=N\NC(=O)c2cc(OC)c(OC)c(OC)c2)cc1. The summed E-state index contributed by atoms with van der Waals surface area (Å²) in [7, 11) is 4.49. The van der Waals surface area contributed by atoms with E-state index in [1.807, 2.05) is 60.8 Å². The quantitative estimate of drug-likeness (QED) is 0.221. The zero-order valence-electron chi connectivity index (χ0n) is 21.8. The number of methoxy groups -OCH3 is 3. The molecule has 0 aliphatic carbocycles. The van der Waals surface area contributed by atoms with Gasteiger partial charge in [-0.25, -0.2) is 10.1 Å². The van der Waals surface area contributed by atoms with Crippen molar-refractivity contribution in [2.45, 2.75) is 13.3 Å². The fourth-order valence-corrected chi connectivity index (χ4v) is 3.79. The minimum Gasteiger partial charge on any atom is -0.494 e. The van der Waals surface area contributed by atoms with Crippen molar-refractivity contribution in [3.63, 3.8) is 0 Å². The van der Waals surface area contributed by atoms with E-state index >= 15 is 0 Å². The van der Waals surface area contributed by atoms with Gasteiger partial charge in [-0.3, -0.25) is 4.79 Å². The second kappa shape index (κ2) is 12.4. The van der Waals surface area contributed by atoms with Crippen LogP contribution in [0.5, 0.6) is 23.0 Å². The van der Waals surface area contributed by atoms with Crippen molar-refractivity contribution in [1.82, 2.24) is 15.2 Å². The lowest BCUT2D eigenvalue weighted by Crippen LogP contribution is -2.18. The molecule has 0 bridgehead atoms. The highest BCUT2D eigenvalue weighted by atomic mass is 16.5. The molecule has 0 aliphatic heterocycles. The minimum atomic E-state index is -0.435. The number of carbonyl (C=O) groups excluding carboxylic acids is 1. The van der Waals surface area contributed by atoms with Gasteiger partial charge in [-0.05, 0) is 55.0 Å². The molecule has 0 fully saturated rings. The third-order valence-corrected chi connectivity index (χ3v) is 5.66. The van der Waals surface area contributed by atoms with E-state index in [2.05, 4.69) is 17.5 Å². The second-order valence-electron chi connectivity index (χ2n) is 8.20. The predicted octanol–water partition coefficient (Wildman–Crippen LogP) is 5.12. The molecule has 1 aromatic heterocycles. The van der Waals surface area contributed by atoms with Gasteiger partial charge in [0, 0.05) is 22.9 Å². The van der Waals surface area contributed by atoms with Crippen molar-refractivity contribution in [1.29, 1.82) is 0 Å². The third-order valence-electron chi connectivity index (χ3n) is 5.66. The number of amides is 1. The van der Waals surface area contributed by atoms with Crippen LogP contribution in [0.1, 0.15) is 29.3 Å². The highest BCUT2D eigenvalue weighted by molar-refractivity contribution is 5.97. The number of benzene rings is 3. The Morgan fingerprint density at radius 1 is 0.974 bits per heavy atom. The number of carbonyl (C=O) groups is 1. The van der Waals surface area contributed by atoms with E-state index in [0.29, 0.717) is 35.1 Å². The molecule has 0 saturated carbocycles. The van der Waals surface area contributed by atoms with Crippen molar-refractivity contribution in [2.24, 2.45) is 5.10 Å². The van der Waals surface area contributed by atoms with Crippen LogP contribution in [0, 0.1) is 0 Å². The van der Waals surface area contributed by atoms with Crippen LogP contribution in [-0.2, 0) is 0 Å². The van der Waals surface area contributed by atoms with Crippen LogP contribution >= 0.6 is 0 Å². The fraction of sp³-hybridized carbons (Fsp3) is 0.207. The smallest absolute Gasteiger partial charge is 0.271 e. The Bertz CT molecular complexity index is 1370. The number of nitrogens with one attached hydrogen (secondary N) is 1. The summed E-state index contributed by atoms with van der Waals surface area (Å²) in [6.07, 6.45) is 4.37. The maximum Gasteiger partial charge on any atom is 0.271 e. The Morgan fingerprint density at radius 3 is 2.26 bits per heavy atom. The normalized spacial score (nSPS) is 10.8. The Labute approximate surface area is 221 Å². The molecule has 1 heterocycles. The Morgan fingerprint density at radius 2 is 1.66 bits per heavy atom. The van der Waals surface area contributed by atoms with Gasteiger partial charge in [0.2, 0.25) is 5.75 Å². The molecule has 38 heavy (non-hydrogen) atoms. The first-order chi connectivity index (χ1) is 18.6. The third kappa shape index (κ3) is 5.95. The van der Waals surface area contributed by atoms with E-state index in [1.165, 1.54) is 21.3 Å². The lowest BCUT2D eigenvalue weighted by atomic mass is 10.1. The van der Waals surface area contributed by atoms with E-state index in [1.54, 1.807) is 23.0 Å². The Kier molecular flexibility index (Phi) is 8.61. The molecule has 4 aromatic rings. The van der Waals surface area contributed by atoms with Crippen molar-refractivity contribution in [3.8, 4) is 39.9 Å². The number of rotatable bonds is 11. The molecule has 0 saturated heterocycles. The molecule has 0 unspecified atom stereocenters. The van der Waals surface area contributed by atoms with E-state index in [0.717, 1.165) is 29.0 Å². The summed E-state index contributed by atoms with van der Waals surface area (Å²) < 4.78 is 23.5. The molecule has 0 atom stereocenters. The van der Waals surface area contributed by atoms with Gasteiger partial charge < -0.3 is 18.9 Å². The fourth-order valence-electron chi connectivity index (χ4n) is 3.79. The van der Waals surface area contributed by atoms with Gasteiger partial charge in [-0.1, -0.05) is 25.1 Å². The maximum atomic E-state index is 12.9. The van der Waals surface area contributed by atoms with Crippen molar-refractivity contribution in [2.75, 3.05) is 27.9 Å². The van der Waals surface area contributed by atoms with E-state index in [4.69, 9.17) is 24.0 Å². The van der Waals surface area contributed by atoms with Gasteiger partial charge >= 0.3 is 0 Å². The molecule has 0 radical (unpaired) electrons. The maximum absolute atomic E-state index is 12.9. The predicted molar refractivity (Wildman–Crippen MR) is 146 cm³/mol. The molecule has 1 amide bonds. The lowest BCUT2D eigenvalue weighted by Gasteiger charge is -2.13. The first kappa shape index (κ1) is 26.3. The van der Waals surface area contributed by atoms with Gasteiger partial charge in [-0.15, -0.1) is 0 Å². The molecular weight excluding hydrogens is 484 g/mol. The average Bonchev–Trinajstić information content (AvgIpc) is 3.40. The standard InChI is InChI=1S/C29H30N4O5/c1-5-15-38-24-13-11-20(12-14-24)27-22(19-33(32-27)23-9-7-6-8-10-23)18-30-31-29(34)21-16-25(35-2)28(37-4)26(17-21)36-3/h6-14,16-19H,5,15H2,1-4H3,(H,31,34)/b30-18-. The minimum absolute atomic E-state index is 0.305. The number of aromatic nitrogens is 2. The highest BCUT2D eigenvalue weighted by Crippen LogP contribution is 2.38. The summed E-state index contributed by atoms with van der Waals surface area (Å²) in [4.78, 5) is 12.9. The summed E-state index contributed by atoms with van der Waals surface area (Å²) in [5.41, 5.74) is 6.10. The highest BCUT2D eigenvalue weighted by Gasteiger charge is 2.17. The molecular formula is C29H30N4O5. The monoisotopic (exact) mass is 514 g/mol. The van der Waals surface area contributed by atoms with Gasteiger partial charge in [-0.2, -0.15) is 10.2 Å². The van der Waals surface area contributed by atoms with Crippen molar-refractivity contribution in [3.05, 3.63) is 84.1 Å². The van der Waals surface area contributed by atoms with Crippen LogP contribution in [0.4, 0.5) is 0 Å². The van der Waals surface area contributed by atoms with Gasteiger partial charge in [0.15, 0.2) is 11.5 Å². The zero-order valence-corrected chi connectivity index (χ0v) is 21.8. The zero-order chi connectivity index (χ0) is 26.9. The largest absolute Gasteiger partial charge is 0.494 e. The number of para-hydroxylation sites is 1. The van der Waals surface area contributed by atoms with Gasteiger partial charge in [0.25, 0.3) is 5.91 Å². The number of ether oxygens (including phenoxy) is 4. The van der Waals surface area contributed by atoms with Crippen LogP contribution in [0.25, 0.3) is 16.9 Å². The van der Waals surface area contributed by atoms with Crippen LogP contribution < -0.4 is 24.4 Å².